The Balaban J connectivity index is 2.02. The second kappa shape index (κ2) is 9.39. The minimum absolute atomic E-state index is 0.00915. The maximum atomic E-state index is 8.90. The first-order valence-corrected chi connectivity index (χ1v) is 9.31. The molecule has 1 unspecified atom stereocenters. The molecule has 0 aliphatic carbocycles. The summed E-state index contributed by atoms with van der Waals surface area (Å²) < 4.78 is 18.2. The molecule has 3 rings (SSSR count). The summed E-state index contributed by atoms with van der Waals surface area (Å²) in [4.78, 5) is 0. The van der Waals surface area contributed by atoms with E-state index in [-0.39, 0.29) is 19.3 Å². The molecule has 1 aromatic heterocycles. The molecule has 0 amide bonds. The molecular weight excluding hydrogens is 356 g/mol. The Bertz CT molecular complexity index is 869. The lowest BCUT2D eigenvalue weighted by Gasteiger charge is -2.10. The van der Waals surface area contributed by atoms with Crippen molar-refractivity contribution >= 4 is 0 Å². The number of nitrogens with zero attached hydrogens (tertiary/aromatic N) is 2. The molecule has 1 N–H and O–H groups in total. The molecule has 0 radical (unpaired) electrons. The molecule has 1 atom stereocenters. The molecule has 1 heterocycles. The molecule has 0 saturated heterocycles. The van der Waals surface area contributed by atoms with Crippen LogP contribution in [0.2, 0.25) is 0 Å². The van der Waals surface area contributed by atoms with Crippen LogP contribution in [0.5, 0.6) is 11.5 Å². The normalized spacial score (nSPS) is 12.0. The Labute approximate surface area is 165 Å². The Morgan fingerprint density at radius 2 is 1.68 bits per heavy atom. The van der Waals surface area contributed by atoms with Crippen molar-refractivity contribution in [2.45, 2.75) is 19.4 Å². The van der Waals surface area contributed by atoms with Gasteiger partial charge in [0.15, 0.2) is 0 Å². The average molecular weight is 382 g/mol. The number of rotatable bonds is 9. The molecule has 0 aliphatic rings. The fourth-order valence-corrected chi connectivity index (χ4v) is 3.06. The van der Waals surface area contributed by atoms with Gasteiger partial charge >= 0.3 is 0 Å². The van der Waals surface area contributed by atoms with Crippen molar-refractivity contribution in [3.63, 3.8) is 0 Å². The van der Waals surface area contributed by atoms with Gasteiger partial charge in [0.25, 0.3) is 0 Å². The van der Waals surface area contributed by atoms with E-state index in [1.807, 2.05) is 53.2 Å². The van der Waals surface area contributed by atoms with E-state index in [0.717, 1.165) is 40.6 Å². The van der Waals surface area contributed by atoms with Gasteiger partial charge in [-0.2, -0.15) is 5.10 Å². The lowest BCUT2D eigenvalue weighted by atomic mass is 10.1. The van der Waals surface area contributed by atoms with Crippen LogP contribution >= 0.6 is 0 Å². The highest BCUT2D eigenvalue weighted by molar-refractivity contribution is 5.64. The molecular formula is C22H26N2O4. The van der Waals surface area contributed by atoms with Crippen molar-refractivity contribution < 1.29 is 19.3 Å². The molecule has 0 fully saturated rings. The second-order valence-electron chi connectivity index (χ2n) is 6.29. The van der Waals surface area contributed by atoms with Crippen LogP contribution < -0.4 is 9.47 Å². The van der Waals surface area contributed by atoms with Gasteiger partial charge < -0.3 is 19.3 Å². The van der Waals surface area contributed by atoms with Crippen LogP contribution in [0.4, 0.5) is 0 Å². The van der Waals surface area contributed by atoms with Gasteiger partial charge in [0.05, 0.1) is 30.8 Å². The van der Waals surface area contributed by atoms with Crippen LogP contribution in [0.25, 0.3) is 16.9 Å². The highest BCUT2D eigenvalue weighted by Gasteiger charge is 2.18. The molecule has 28 heavy (non-hydrogen) atoms. The fraction of sp³-hybridized carbons (Fsp3) is 0.318. The van der Waals surface area contributed by atoms with E-state index in [0.29, 0.717) is 0 Å². The number of aliphatic hydroxyl groups excluding tert-OH is 1. The summed E-state index contributed by atoms with van der Waals surface area (Å²) in [6, 6.07) is 17.6. The molecule has 6 nitrogen and oxygen atoms in total. The van der Waals surface area contributed by atoms with Crippen LogP contribution in [0, 0.1) is 0 Å². The number of methoxy groups -OCH3 is 2. The van der Waals surface area contributed by atoms with E-state index in [2.05, 4.69) is 13.0 Å². The number of hydrogen-bond donors (Lipinski definition) is 1. The minimum Gasteiger partial charge on any atom is -0.497 e. The summed E-state index contributed by atoms with van der Waals surface area (Å²) >= 11 is 0. The zero-order valence-electron chi connectivity index (χ0n) is 16.5. The third-order valence-electron chi connectivity index (χ3n) is 4.54. The lowest BCUT2D eigenvalue weighted by molar-refractivity contribution is 0.0961. The maximum absolute atomic E-state index is 8.90. The zero-order chi connectivity index (χ0) is 19.9. The van der Waals surface area contributed by atoms with Gasteiger partial charge in [0.1, 0.15) is 24.2 Å². The number of aliphatic hydroxyl groups is 1. The SMILES string of the molecule is CCC(OC)c1cc(-c2ccc(OCCO)cc2)n(-c2ccc(OC)cc2)n1. The number of hydrogen-bond acceptors (Lipinski definition) is 5. The van der Waals surface area contributed by atoms with Gasteiger partial charge in [-0.15, -0.1) is 0 Å². The maximum Gasteiger partial charge on any atom is 0.119 e. The molecule has 0 aliphatic heterocycles. The molecule has 0 bridgehead atoms. The largest absolute Gasteiger partial charge is 0.497 e. The molecule has 148 valence electrons. The molecule has 6 heteroatoms. The van der Waals surface area contributed by atoms with Crippen LogP contribution in [-0.2, 0) is 4.74 Å². The van der Waals surface area contributed by atoms with Gasteiger partial charge in [0, 0.05) is 12.7 Å². The lowest BCUT2D eigenvalue weighted by Crippen LogP contribution is -2.03. The van der Waals surface area contributed by atoms with Crippen LogP contribution in [0.15, 0.2) is 54.6 Å². The van der Waals surface area contributed by atoms with E-state index in [4.69, 9.17) is 24.4 Å². The summed E-state index contributed by atoms with van der Waals surface area (Å²) in [5.41, 5.74) is 3.80. The van der Waals surface area contributed by atoms with E-state index >= 15 is 0 Å². The Morgan fingerprint density at radius 1 is 1.00 bits per heavy atom. The first-order valence-electron chi connectivity index (χ1n) is 9.31. The summed E-state index contributed by atoms with van der Waals surface area (Å²) in [7, 11) is 3.35. The topological polar surface area (TPSA) is 65.7 Å². The summed E-state index contributed by atoms with van der Waals surface area (Å²) in [5.74, 6) is 1.52. The molecule has 0 saturated carbocycles. The number of benzene rings is 2. The number of ether oxygens (including phenoxy) is 3. The van der Waals surface area contributed by atoms with Gasteiger partial charge in [-0.1, -0.05) is 6.92 Å². The van der Waals surface area contributed by atoms with Crippen molar-refractivity contribution in [1.82, 2.24) is 9.78 Å². The Morgan fingerprint density at radius 3 is 2.25 bits per heavy atom. The van der Waals surface area contributed by atoms with E-state index in [1.165, 1.54) is 0 Å². The number of aromatic nitrogens is 2. The highest BCUT2D eigenvalue weighted by atomic mass is 16.5. The van der Waals surface area contributed by atoms with Gasteiger partial charge in [-0.05, 0) is 61.0 Å². The first-order chi connectivity index (χ1) is 13.7. The van der Waals surface area contributed by atoms with Gasteiger partial charge in [-0.25, -0.2) is 4.68 Å². The summed E-state index contributed by atoms with van der Waals surface area (Å²) in [5, 5.41) is 13.7. The first kappa shape index (κ1) is 19.9. The molecule has 0 spiro atoms. The van der Waals surface area contributed by atoms with Gasteiger partial charge in [0.2, 0.25) is 0 Å². The third kappa shape index (κ3) is 4.35. The smallest absolute Gasteiger partial charge is 0.119 e. The van der Waals surface area contributed by atoms with Crippen LogP contribution in [0.1, 0.15) is 25.1 Å². The van der Waals surface area contributed by atoms with Crippen molar-refractivity contribution in [2.75, 3.05) is 27.4 Å². The Hall–Kier alpha value is -2.83. The third-order valence-corrected chi connectivity index (χ3v) is 4.54. The standard InChI is InChI=1S/C22H26N2O4/c1-4-22(27-3)20-15-21(16-5-9-19(10-6-16)28-14-13-25)24(23-20)17-7-11-18(26-2)12-8-17/h5-12,15,22,25H,4,13-14H2,1-3H3. The summed E-state index contributed by atoms with van der Waals surface area (Å²) in [6.07, 6.45) is 0.772. The quantitative estimate of drug-likeness (QED) is 0.606. The molecule has 2 aromatic carbocycles. The fourth-order valence-electron chi connectivity index (χ4n) is 3.06. The van der Waals surface area contributed by atoms with E-state index < -0.39 is 0 Å². The summed E-state index contributed by atoms with van der Waals surface area (Å²) in [6.45, 7) is 2.34. The van der Waals surface area contributed by atoms with Crippen molar-refractivity contribution in [1.29, 1.82) is 0 Å². The van der Waals surface area contributed by atoms with E-state index in [1.54, 1.807) is 14.2 Å². The minimum atomic E-state index is -0.0644. The monoisotopic (exact) mass is 382 g/mol. The van der Waals surface area contributed by atoms with Crippen LogP contribution in [-0.4, -0.2) is 42.3 Å². The average Bonchev–Trinajstić information content (AvgIpc) is 3.18. The van der Waals surface area contributed by atoms with Crippen molar-refractivity contribution in [2.24, 2.45) is 0 Å². The van der Waals surface area contributed by atoms with Crippen molar-refractivity contribution in [3.8, 4) is 28.4 Å². The predicted octanol–water partition coefficient (Wildman–Crippen LogP) is 4.02. The zero-order valence-corrected chi connectivity index (χ0v) is 16.5. The van der Waals surface area contributed by atoms with Gasteiger partial charge in [-0.3, -0.25) is 0 Å². The van der Waals surface area contributed by atoms with E-state index in [9.17, 15) is 0 Å². The van der Waals surface area contributed by atoms with Crippen LogP contribution in [0.3, 0.4) is 0 Å². The predicted molar refractivity (Wildman–Crippen MR) is 108 cm³/mol. The second-order valence-corrected chi connectivity index (χ2v) is 6.29. The Kier molecular flexibility index (Phi) is 6.68. The van der Waals surface area contributed by atoms with Crippen molar-refractivity contribution in [3.05, 3.63) is 60.3 Å². The highest BCUT2D eigenvalue weighted by Crippen LogP contribution is 2.30. The molecule has 3 aromatic rings.